The molecular weight excluding hydrogens is 309 g/mol. The van der Waals surface area contributed by atoms with Crippen molar-refractivity contribution in [3.63, 3.8) is 0 Å². The van der Waals surface area contributed by atoms with Gasteiger partial charge in [0.25, 0.3) is 0 Å². The van der Waals surface area contributed by atoms with E-state index in [1.54, 1.807) is 0 Å². The van der Waals surface area contributed by atoms with Crippen molar-refractivity contribution in [2.75, 3.05) is 5.32 Å². The Morgan fingerprint density at radius 1 is 1.25 bits per heavy atom. The van der Waals surface area contributed by atoms with Crippen molar-refractivity contribution in [1.29, 1.82) is 0 Å². The quantitative estimate of drug-likeness (QED) is 0.869. The molecular formula is C13H16Cl2F2N2O. The van der Waals surface area contributed by atoms with Crippen LogP contribution < -0.4 is 15.8 Å². The highest BCUT2D eigenvalue weighted by atomic mass is 35.5. The summed E-state index contributed by atoms with van der Waals surface area (Å²) in [5.74, 6) is -0.200. The van der Waals surface area contributed by atoms with Crippen molar-refractivity contribution in [2.45, 2.75) is 44.4 Å². The Labute approximate surface area is 126 Å². The molecule has 2 unspecified atom stereocenters. The van der Waals surface area contributed by atoms with Crippen LogP contribution >= 0.6 is 23.2 Å². The summed E-state index contributed by atoms with van der Waals surface area (Å²) >= 11 is 11.8. The average Bonchev–Trinajstić information content (AvgIpc) is 2.33. The molecule has 3 N–H and O–H groups in total. The Hall–Kier alpha value is -0.780. The van der Waals surface area contributed by atoms with Gasteiger partial charge in [0.2, 0.25) is 0 Å². The van der Waals surface area contributed by atoms with Crippen molar-refractivity contribution in [3.05, 3.63) is 22.2 Å². The molecule has 0 spiro atoms. The summed E-state index contributed by atoms with van der Waals surface area (Å²) in [5, 5.41) is 3.39. The van der Waals surface area contributed by atoms with Crippen LogP contribution in [0.1, 0.15) is 25.7 Å². The van der Waals surface area contributed by atoms with E-state index in [2.05, 4.69) is 10.1 Å². The third-order valence-electron chi connectivity index (χ3n) is 3.29. The number of ether oxygens (including phenoxy) is 1. The zero-order valence-electron chi connectivity index (χ0n) is 10.7. The summed E-state index contributed by atoms with van der Waals surface area (Å²) in [6.45, 7) is -2.96. The van der Waals surface area contributed by atoms with E-state index in [0.29, 0.717) is 5.69 Å². The van der Waals surface area contributed by atoms with Gasteiger partial charge in [-0.15, -0.1) is 0 Å². The van der Waals surface area contributed by atoms with Gasteiger partial charge in [-0.2, -0.15) is 8.78 Å². The predicted molar refractivity (Wildman–Crippen MR) is 76.9 cm³/mol. The minimum atomic E-state index is -2.96. The molecule has 0 heterocycles. The molecule has 1 aliphatic carbocycles. The van der Waals surface area contributed by atoms with Crippen LogP contribution in [-0.4, -0.2) is 18.7 Å². The molecule has 0 aromatic heterocycles. The van der Waals surface area contributed by atoms with Crippen molar-refractivity contribution < 1.29 is 13.5 Å². The molecule has 20 heavy (non-hydrogen) atoms. The first-order valence-corrected chi connectivity index (χ1v) is 7.17. The van der Waals surface area contributed by atoms with Crippen molar-refractivity contribution >= 4 is 28.9 Å². The van der Waals surface area contributed by atoms with Gasteiger partial charge in [0.05, 0.1) is 10.0 Å². The van der Waals surface area contributed by atoms with E-state index < -0.39 is 6.61 Å². The Balaban J connectivity index is 2.09. The third kappa shape index (κ3) is 4.11. The summed E-state index contributed by atoms with van der Waals surface area (Å²) < 4.78 is 28.7. The highest BCUT2D eigenvalue weighted by Crippen LogP contribution is 2.37. The summed E-state index contributed by atoms with van der Waals surface area (Å²) in [5.41, 5.74) is 6.60. The summed E-state index contributed by atoms with van der Waals surface area (Å²) in [6.07, 6.45) is 3.97. The largest absolute Gasteiger partial charge is 0.432 e. The Bertz CT molecular complexity index is 451. The molecule has 1 aromatic rings. The number of nitrogens with two attached hydrogens (primary N) is 1. The molecule has 3 nitrogen and oxygen atoms in total. The normalized spacial score (nSPS) is 22.9. The Kier molecular flexibility index (Phi) is 5.29. The third-order valence-corrected chi connectivity index (χ3v) is 3.85. The fourth-order valence-electron chi connectivity index (χ4n) is 2.44. The van der Waals surface area contributed by atoms with Crippen LogP contribution in [0.3, 0.4) is 0 Å². The van der Waals surface area contributed by atoms with Gasteiger partial charge in [0.1, 0.15) is 0 Å². The molecule has 1 aromatic carbocycles. The lowest BCUT2D eigenvalue weighted by Gasteiger charge is -2.28. The molecule has 0 bridgehead atoms. The van der Waals surface area contributed by atoms with E-state index in [1.807, 2.05) is 0 Å². The van der Waals surface area contributed by atoms with Gasteiger partial charge in [-0.3, -0.25) is 0 Å². The first-order chi connectivity index (χ1) is 9.45. The van der Waals surface area contributed by atoms with Crippen LogP contribution in [0.25, 0.3) is 0 Å². The minimum absolute atomic E-state index is 0.0559. The molecule has 0 amide bonds. The summed E-state index contributed by atoms with van der Waals surface area (Å²) in [4.78, 5) is 0. The molecule has 2 atom stereocenters. The molecule has 1 saturated carbocycles. The molecule has 0 saturated heterocycles. The molecule has 2 rings (SSSR count). The minimum Gasteiger partial charge on any atom is -0.432 e. The average molecular weight is 325 g/mol. The zero-order chi connectivity index (χ0) is 14.7. The summed E-state index contributed by atoms with van der Waals surface area (Å²) in [7, 11) is 0. The molecule has 0 aliphatic heterocycles. The summed E-state index contributed by atoms with van der Waals surface area (Å²) in [6, 6.07) is 3.50. The smallest absolute Gasteiger partial charge is 0.387 e. The van der Waals surface area contributed by atoms with Gasteiger partial charge >= 0.3 is 6.61 Å². The second-order valence-corrected chi connectivity index (χ2v) is 5.73. The maximum atomic E-state index is 12.2. The van der Waals surface area contributed by atoms with E-state index in [4.69, 9.17) is 28.9 Å². The monoisotopic (exact) mass is 324 g/mol. The lowest BCUT2D eigenvalue weighted by Crippen LogP contribution is -2.34. The first-order valence-electron chi connectivity index (χ1n) is 6.41. The number of halogens is 4. The van der Waals surface area contributed by atoms with Crippen LogP contribution in [0.15, 0.2) is 12.1 Å². The molecule has 1 aliphatic rings. The lowest BCUT2D eigenvalue weighted by molar-refractivity contribution is -0.0497. The van der Waals surface area contributed by atoms with E-state index >= 15 is 0 Å². The van der Waals surface area contributed by atoms with Gasteiger partial charge in [-0.1, -0.05) is 23.2 Å². The van der Waals surface area contributed by atoms with Gasteiger partial charge in [0, 0.05) is 17.8 Å². The number of hydrogen-bond donors (Lipinski definition) is 2. The van der Waals surface area contributed by atoms with Crippen LogP contribution in [0.5, 0.6) is 5.75 Å². The van der Waals surface area contributed by atoms with Crippen molar-refractivity contribution in [1.82, 2.24) is 0 Å². The van der Waals surface area contributed by atoms with Crippen molar-refractivity contribution in [3.8, 4) is 5.75 Å². The molecule has 0 radical (unpaired) electrons. The van der Waals surface area contributed by atoms with Gasteiger partial charge in [-0.25, -0.2) is 0 Å². The zero-order valence-corrected chi connectivity index (χ0v) is 12.2. The predicted octanol–water partition coefficient (Wildman–Crippen LogP) is 4.28. The highest BCUT2D eigenvalue weighted by molar-refractivity contribution is 6.37. The van der Waals surface area contributed by atoms with Crippen LogP contribution in [0.4, 0.5) is 14.5 Å². The molecule has 7 heteroatoms. The fourth-order valence-corrected chi connectivity index (χ4v) is 3.02. The Morgan fingerprint density at radius 2 is 1.90 bits per heavy atom. The second kappa shape index (κ2) is 6.78. The van der Waals surface area contributed by atoms with Crippen LogP contribution in [0.2, 0.25) is 10.0 Å². The fraction of sp³-hybridized carbons (Fsp3) is 0.538. The first kappa shape index (κ1) is 15.6. The molecule has 112 valence electrons. The Morgan fingerprint density at radius 3 is 2.45 bits per heavy atom. The van der Waals surface area contributed by atoms with E-state index in [0.717, 1.165) is 25.7 Å². The lowest BCUT2D eigenvalue weighted by atomic mass is 9.91. The standard InChI is InChI=1S/C13H16Cl2F2N2O/c14-10-5-9(6-11(15)12(10)20-13(16)17)19-8-3-1-2-7(18)4-8/h5-8,13,19H,1-4,18H2. The van der Waals surface area contributed by atoms with Gasteiger partial charge < -0.3 is 15.8 Å². The van der Waals surface area contributed by atoms with Crippen LogP contribution in [0, 0.1) is 0 Å². The van der Waals surface area contributed by atoms with E-state index in [1.165, 1.54) is 12.1 Å². The molecule has 1 fully saturated rings. The van der Waals surface area contributed by atoms with Gasteiger partial charge in [0.15, 0.2) is 5.75 Å². The van der Waals surface area contributed by atoms with Crippen molar-refractivity contribution in [2.24, 2.45) is 5.73 Å². The number of hydrogen-bond acceptors (Lipinski definition) is 3. The number of alkyl halides is 2. The SMILES string of the molecule is NC1CCCC(Nc2cc(Cl)c(OC(F)F)c(Cl)c2)C1. The maximum absolute atomic E-state index is 12.2. The topological polar surface area (TPSA) is 47.3 Å². The van der Waals surface area contributed by atoms with Crippen LogP contribution in [-0.2, 0) is 0 Å². The van der Waals surface area contributed by atoms with E-state index in [-0.39, 0.29) is 27.9 Å². The highest BCUT2D eigenvalue weighted by Gasteiger charge is 2.20. The number of benzene rings is 1. The number of nitrogens with one attached hydrogen (secondary N) is 1. The number of anilines is 1. The number of rotatable bonds is 4. The maximum Gasteiger partial charge on any atom is 0.387 e. The second-order valence-electron chi connectivity index (χ2n) is 4.92. The van der Waals surface area contributed by atoms with Gasteiger partial charge in [-0.05, 0) is 37.8 Å². The van der Waals surface area contributed by atoms with E-state index in [9.17, 15) is 8.78 Å².